The number of nitrogens with zero attached hydrogens (tertiary/aromatic N) is 2. The van der Waals surface area contributed by atoms with Crippen LogP contribution < -0.4 is 5.32 Å². The highest BCUT2D eigenvalue weighted by atomic mass is 32.2. The fourth-order valence-electron chi connectivity index (χ4n) is 2.57. The number of hydrogen-bond donors (Lipinski definition) is 1. The van der Waals surface area contributed by atoms with Gasteiger partial charge >= 0.3 is 0 Å². The maximum Gasteiger partial charge on any atom is 0.283 e. The number of carbonyl (C=O) groups excluding carboxylic acids is 1. The van der Waals surface area contributed by atoms with Crippen LogP contribution in [0, 0.1) is 5.95 Å². The van der Waals surface area contributed by atoms with Gasteiger partial charge in [0, 0.05) is 17.2 Å². The quantitative estimate of drug-likeness (QED) is 0.850. The summed E-state index contributed by atoms with van der Waals surface area (Å²) in [5.41, 5.74) is 1.44. The maximum atomic E-state index is 12.9. The van der Waals surface area contributed by atoms with Gasteiger partial charge in [-0.15, -0.1) is 0 Å². The molecule has 0 saturated carbocycles. The zero-order valence-electron chi connectivity index (χ0n) is 11.4. The summed E-state index contributed by atoms with van der Waals surface area (Å²) < 4.78 is 40.9. The van der Waals surface area contributed by atoms with Crippen molar-refractivity contribution in [3.8, 4) is 0 Å². The van der Waals surface area contributed by atoms with Gasteiger partial charge in [-0.25, -0.2) is 4.98 Å². The average molecular weight is 329 g/mol. The topological polar surface area (TPSA) is 88.5 Å². The fourth-order valence-corrected chi connectivity index (χ4v) is 3.82. The molecule has 0 radical (unpaired) electrons. The predicted octanol–water partition coefficient (Wildman–Crippen LogP) is 1.90. The lowest BCUT2D eigenvalue weighted by molar-refractivity contribution is 0.104. The third kappa shape index (κ3) is 2.07. The van der Waals surface area contributed by atoms with Crippen molar-refractivity contribution >= 4 is 27.2 Å². The standard InChI is InChI=1S/C15H8FN3O3S/c16-13-5-4-8(7-17-13)18-10-6-11(20)9-2-1-3-12-14(9)15(10)19-23(12,21)22/h1-7,18H. The highest BCUT2D eigenvalue weighted by Crippen LogP contribution is 2.35. The summed E-state index contributed by atoms with van der Waals surface area (Å²) in [6.45, 7) is 0. The predicted molar refractivity (Wildman–Crippen MR) is 80.4 cm³/mol. The Bertz CT molecular complexity index is 1020. The number of sulfonamides is 1. The Balaban J connectivity index is 1.85. The zero-order chi connectivity index (χ0) is 16.2. The van der Waals surface area contributed by atoms with Gasteiger partial charge in [0.2, 0.25) is 5.95 Å². The average Bonchev–Trinajstić information content (AvgIpc) is 2.80. The zero-order valence-corrected chi connectivity index (χ0v) is 12.3. The van der Waals surface area contributed by atoms with Gasteiger partial charge in [-0.3, -0.25) is 4.79 Å². The van der Waals surface area contributed by atoms with Crippen LogP contribution in [0.3, 0.4) is 0 Å². The molecule has 114 valence electrons. The summed E-state index contributed by atoms with van der Waals surface area (Å²) in [5, 5.41) is 2.87. The Labute approximate surface area is 130 Å². The van der Waals surface area contributed by atoms with Gasteiger partial charge in [-0.2, -0.15) is 17.2 Å². The molecule has 4 rings (SSSR count). The SMILES string of the molecule is O=C1C=C(Nc2ccc(F)nc2)C2=NS(=O)(=O)c3cccc1c32. The van der Waals surface area contributed by atoms with Crippen LogP contribution in [-0.4, -0.2) is 24.9 Å². The molecule has 1 aromatic heterocycles. The van der Waals surface area contributed by atoms with Crippen molar-refractivity contribution in [3.05, 3.63) is 65.4 Å². The van der Waals surface area contributed by atoms with Gasteiger partial charge in [-0.05, 0) is 18.2 Å². The highest BCUT2D eigenvalue weighted by molar-refractivity contribution is 7.90. The van der Waals surface area contributed by atoms with E-state index in [4.69, 9.17) is 0 Å². The van der Waals surface area contributed by atoms with E-state index in [1.54, 1.807) is 6.07 Å². The van der Waals surface area contributed by atoms with E-state index in [1.165, 1.54) is 30.5 Å². The Kier molecular flexibility index (Phi) is 2.73. The van der Waals surface area contributed by atoms with Gasteiger partial charge < -0.3 is 5.32 Å². The minimum Gasteiger partial charge on any atom is -0.352 e. The Morgan fingerprint density at radius 1 is 1.13 bits per heavy atom. The molecule has 0 unspecified atom stereocenters. The molecule has 0 fully saturated rings. The molecule has 1 aliphatic carbocycles. The lowest BCUT2D eigenvalue weighted by Gasteiger charge is -2.17. The lowest BCUT2D eigenvalue weighted by atomic mass is 9.92. The van der Waals surface area contributed by atoms with E-state index >= 15 is 0 Å². The van der Waals surface area contributed by atoms with E-state index in [2.05, 4.69) is 14.7 Å². The number of hydrogen-bond acceptors (Lipinski definition) is 5. The minimum absolute atomic E-state index is 0.0166. The summed E-state index contributed by atoms with van der Waals surface area (Å²) in [7, 11) is -3.83. The van der Waals surface area contributed by atoms with E-state index in [1.807, 2.05) is 0 Å². The van der Waals surface area contributed by atoms with Crippen LogP contribution in [0.25, 0.3) is 0 Å². The number of aromatic nitrogens is 1. The number of allylic oxidation sites excluding steroid dienone is 2. The molecule has 1 N–H and O–H groups in total. The third-order valence-corrected chi connectivity index (χ3v) is 4.87. The summed E-state index contributed by atoms with van der Waals surface area (Å²) in [5.74, 6) is -0.965. The molecule has 2 aliphatic rings. The van der Waals surface area contributed by atoms with Crippen molar-refractivity contribution in [1.82, 2.24) is 4.98 Å². The van der Waals surface area contributed by atoms with Gasteiger partial charge in [0.15, 0.2) is 5.78 Å². The van der Waals surface area contributed by atoms with Gasteiger partial charge in [-0.1, -0.05) is 12.1 Å². The van der Waals surface area contributed by atoms with E-state index in [0.717, 1.165) is 6.07 Å². The molecule has 0 atom stereocenters. The first kappa shape index (κ1) is 13.8. The largest absolute Gasteiger partial charge is 0.352 e. The van der Waals surface area contributed by atoms with Crippen LogP contribution in [0.15, 0.2) is 57.6 Å². The number of nitrogens with one attached hydrogen (secondary N) is 1. The first-order valence-electron chi connectivity index (χ1n) is 6.59. The summed E-state index contributed by atoms with van der Waals surface area (Å²) in [6, 6.07) is 7.07. The summed E-state index contributed by atoms with van der Waals surface area (Å²) >= 11 is 0. The minimum atomic E-state index is -3.83. The van der Waals surface area contributed by atoms with Crippen molar-refractivity contribution in [2.75, 3.05) is 5.32 Å². The number of rotatable bonds is 2. The molecule has 1 aliphatic heterocycles. The number of anilines is 1. The number of ketones is 1. The molecule has 0 amide bonds. The molecule has 1 aromatic carbocycles. The van der Waals surface area contributed by atoms with Crippen molar-refractivity contribution in [3.63, 3.8) is 0 Å². The number of benzene rings is 1. The molecular weight excluding hydrogens is 321 g/mol. The Morgan fingerprint density at radius 3 is 2.70 bits per heavy atom. The molecule has 8 heteroatoms. The van der Waals surface area contributed by atoms with Crippen LogP contribution >= 0.6 is 0 Å². The van der Waals surface area contributed by atoms with Crippen molar-refractivity contribution in [1.29, 1.82) is 0 Å². The first-order chi connectivity index (χ1) is 11.0. The maximum absolute atomic E-state index is 12.9. The second-order valence-electron chi connectivity index (χ2n) is 5.01. The summed E-state index contributed by atoms with van der Waals surface area (Å²) in [6.07, 6.45) is 2.52. The normalized spacial score (nSPS) is 17.3. The lowest BCUT2D eigenvalue weighted by Crippen LogP contribution is -2.21. The number of pyridine rings is 1. The van der Waals surface area contributed by atoms with Crippen molar-refractivity contribution in [2.45, 2.75) is 4.90 Å². The van der Waals surface area contributed by atoms with Gasteiger partial charge in [0.1, 0.15) is 5.71 Å². The van der Waals surface area contributed by atoms with Crippen molar-refractivity contribution < 1.29 is 17.6 Å². The third-order valence-electron chi connectivity index (χ3n) is 3.55. The van der Waals surface area contributed by atoms with E-state index in [-0.39, 0.29) is 22.1 Å². The van der Waals surface area contributed by atoms with E-state index in [9.17, 15) is 17.6 Å². The molecule has 0 spiro atoms. The molecular formula is C15H8FN3O3S. The second-order valence-corrected chi connectivity index (χ2v) is 6.58. The van der Waals surface area contributed by atoms with Gasteiger partial charge in [0.05, 0.1) is 22.5 Å². The van der Waals surface area contributed by atoms with E-state index in [0.29, 0.717) is 16.8 Å². The van der Waals surface area contributed by atoms with Crippen molar-refractivity contribution in [2.24, 2.45) is 4.40 Å². The number of halogens is 1. The van der Waals surface area contributed by atoms with Crippen LogP contribution in [0.5, 0.6) is 0 Å². The molecule has 2 heterocycles. The van der Waals surface area contributed by atoms with E-state index < -0.39 is 16.0 Å². The molecule has 6 nitrogen and oxygen atoms in total. The smallest absolute Gasteiger partial charge is 0.283 e. The molecule has 2 aromatic rings. The van der Waals surface area contributed by atoms with Crippen LogP contribution in [0.4, 0.5) is 10.1 Å². The molecule has 23 heavy (non-hydrogen) atoms. The monoisotopic (exact) mass is 329 g/mol. The van der Waals surface area contributed by atoms with Crippen LogP contribution in [0.1, 0.15) is 15.9 Å². The second kappa shape index (κ2) is 4.56. The van der Waals surface area contributed by atoms with Crippen LogP contribution in [0.2, 0.25) is 0 Å². The fraction of sp³-hybridized carbons (Fsp3) is 0. The number of carbonyl (C=O) groups is 1. The highest BCUT2D eigenvalue weighted by Gasteiger charge is 2.37. The molecule has 0 bridgehead atoms. The van der Waals surface area contributed by atoms with Gasteiger partial charge in [0.25, 0.3) is 10.0 Å². The molecule has 0 saturated heterocycles. The summed E-state index contributed by atoms with van der Waals surface area (Å²) in [4.78, 5) is 15.8. The Morgan fingerprint density at radius 2 is 1.96 bits per heavy atom. The Hall–Kier alpha value is -2.87. The van der Waals surface area contributed by atoms with Crippen LogP contribution in [-0.2, 0) is 10.0 Å². The first-order valence-corrected chi connectivity index (χ1v) is 8.03.